The highest BCUT2D eigenvalue weighted by Gasteiger charge is 2.48. The number of piperidine rings is 1. The number of anilines is 3. The first-order valence-electron chi connectivity index (χ1n) is 9.51. The Kier molecular flexibility index (Phi) is 4.49. The van der Waals surface area contributed by atoms with Gasteiger partial charge < -0.3 is 10.2 Å². The predicted molar refractivity (Wildman–Crippen MR) is 105 cm³/mol. The van der Waals surface area contributed by atoms with Crippen molar-refractivity contribution in [3.05, 3.63) is 36.3 Å². The van der Waals surface area contributed by atoms with Gasteiger partial charge in [0.2, 0.25) is 17.8 Å². The number of nitrogens with zero attached hydrogens (tertiary/aromatic N) is 5. The fraction of sp³-hybridized carbons (Fsp3) is 0.450. The molecule has 2 amide bonds. The number of nitrogens with one attached hydrogen (secondary N) is 1. The molecule has 28 heavy (non-hydrogen) atoms. The standard InChI is InChI=1S/C20H24N6O2/c1-13(27)25-9-6-15(7-10-25)26-17-16(20(2,3)18(26)28)12-22-19(24-17)23-14-5-4-8-21-11-14/h4-5,8,11-12,15H,6-7,9-10H2,1-3H3,(H,22,23,24). The molecule has 0 atom stereocenters. The van der Waals surface area contributed by atoms with E-state index in [-0.39, 0.29) is 17.9 Å². The molecule has 4 rings (SSSR count). The summed E-state index contributed by atoms with van der Waals surface area (Å²) in [7, 11) is 0. The molecule has 2 aromatic heterocycles. The molecule has 0 spiro atoms. The largest absolute Gasteiger partial charge is 0.343 e. The number of aromatic nitrogens is 3. The van der Waals surface area contributed by atoms with Crippen molar-refractivity contribution < 1.29 is 9.59 Å². The van der Waals surface area contributed by atoms with E-state index >= 15 is 0 Å². The van der Waals surface area contributed by atoms with Crippen LogP contribution in [0.1, 0.15) is 39.2 Å². The van der Waals surface area contributed by atoms with Gasteiger partial charge in [0.05, 0.1) is 17.3 Å². The van der Waals surface area contributed by atoms with Crippen LogP contribution in [0.3, 0.4) is 0 Å². The van der Waals surface area contributed by atoms with Gasteiger partial charge in [0.1, 0.15) is 5.82 Å². The molecule has 1 N–H and O–H groups in total. The summed E-state index contributed by atoms with van der Waals surface area (Å²) in [5.74, 6) is 1.22. The Morgan fingerprint density at radius 3 is 2.64 bits per heavy atom. The molecule has 2 aliphatic rings. The molecule has 8 heteroatoms. The van der Waals surface area contributed by atoms with E-state index in [9.17, 15) is 9.59 Å². The third-order valence-electron chi connectivity index (χ3n) is 5.62. The van der Waals surface area contributed by atoms with Gasteiger partial charge in [-0.2, -0.15) is 4.98 Å². The molecule has 0 aliphatic carbocycles. The highest BCUT2D eigenvalue weighted by Crippen LogP contribution is 2.42. The minimum absolute atomic E-state index is 0.0322. The zero-order valence-electron chi connectivity index (χ0n) is 16.3. The van der Waals surface area contributed by atoms with Crippen LogP contribution in [0, 0.1) is 0 Å². The van der Waals surface area contributed by atoms with Crippen LogP contribution in [-0.4, -0.2) is 50.8 Å². The lowest BCUT2D eigenvalue weighted by molar-refractivity contribution is -0.129. The van der Waals surface area contributed by atoms with Gasteiger partial charge in [0.15, 0.2) is 0 Å². The van der Waals surface area contributed by atoms with Crippen LogP contribution < -0.4 is 10.2 Å². The van der Waals surface area contributed by atoms with Crippen LogP contribution >= 0.6 is 0 Å². The second-order valence-electron chi connectivity index (χ2n) is 7.83. The summed E-state index contributed by atoms with van der Waals surface area (Å²) >= 11 is 0. The molecule has 146 valence electrons. The Morgan fingerprint density at radius 2 is 2.00 bits per heavy atom. The van der Waals surface area contributed by atoms with E-state index in [4.69, 9.17) is 0 Å². The highest BCUT2D eigenvalue weighted by atomic mass is 16.2. The van der Waals surface area contributed by atoms with Gasteiger partial charge in [0, 0.05) is 44.0 Å². The number of pyridine rings is 1. The summed E-state index contributed by atoms with van der Waals surface area (Å²) in [4.78, 5) is 41.7. The van der Waals surface area contributed by atoms with Crippen molar-refractivity contribution in [2.75, 3.05) is 23.3 Å². The number of hydrogen-bond acceptors (Lipinski definition) is 6. The summed E-state index contributed by atoms with van der Waals surface area (Å²) in [6.45, 7) is 6.73. The van der Waals surface area contributed by atoms with Crippen molar-refractivity contribution in [1.82, 2.24) is 19.9 Å². The number of fused-ring (bicyclic) bond motifs is 1. The van der Waals surface area contributed by atoms with E-state index < -0.39 is 5.41 Å². The first kappa shape index (κ1) is 18.3. The van der Waals surface area contributed by atoms with Crippen LogP contribution in [0.25, 0.3) is 0 Å². The Balaban J connectivity index is 1.64. The van der Waals surface area contributed by atoms with Crippen molar-refractivity contribution in [1.29, 1.82) is 0 Å². The lowest BCUT2D eigenvalue weighted by Crippen LogP contribution is -2.49. The SMILES string of the molecule is CC(=O)N1CCC(N2C(=O)C(C)(C)c3cnc(Nc4cccnc4)nc32)CC1. The summed E-state index contributed by atoms with van der Waals surface area (Å²) in [6, 6.07) is 3.75. The molecule has 0 aromatic carbocycles. The van der Waals surface area contributed by atoms with E-state index in [0.717, 1.165) is 24.1 Å². The first-order chi connectivity index (χ1) is 13.4. The van der Waals surface area contributed by atoms with Crippen molar-refractivity contribution in [3.8, 4) is 0 Å². The average Bonchev–Trinajstić information content (AvgIpc) is 2.88. The van der Waals surface area contributed by atoms with Crippen molar-refractivity contribution in [3.63, 3.8) is 0 Å². The minimum atomic E-state index is -0.667. The molecule has 0 unspecified atom stereocenters. The van der Waals surface area contributed by atoms with E-state index in [1.807, 2.05) is 35.8 Å². The third kappa shape index (κ3) is 3.08. The Labute approximate surface area is 164 Å². The minimum Gasteiger partial charge on any atom is -0.343 e. The van der Waals surface area contributed by atoms with E-state index in [2.05, 4.69) is 20.3 Å². The number of likely N-dealkylation sites (tertiary alicyclic amines) is 1. The highest BCUT2D eigenvalue weighted by molar-refractivity contribution is 6.07. The summed E-state index contributed by atoms with van der Waals surface area (Å²) < 4.78 is 0. The second-order valence-corrected chi connectivity index (χ2v) is 7.83. The zero-order valence-corrected chi connectivity index (χ0v) is 16.3. The van der Waals surface area contributed by atoms with Gasteiger partial charge in [-0.05, 0) is 38.8 Å². The molecular formula is C20H24N6O2. The second kappa shape index (κ2) is 6.85. The molecule has 2 aliphatic heterocycles. The van der Waals surface area contributed by atoms with Crippen LogP contribution in [0.2, 0.25) is 0 Å². The Morgan fingerprint density at radius 1 is 1.25 bits per heavy atom. The molecule has 1 fully saturated rings. The Bertz CT molecular complexity index is 906. The number of carbonyl (C=O) groups excluding carboxylic acids is 2. The van der Waals surface area contributed by atoms with Gasteiger partial charge in [-0.25, -0.2) is 4.98 Å². The number of hydrogen-bond donors (Lipinski definition) is 1. The first-order valence-corrected chi connectivity index (χ1v) is 9.51. The molecule has 1 saturated heterocycles. The van der Waals surface area contributed by atoms with Gasteiger partial charge in [0.25, 0.3) is 0 Å². The van der Waals surface area contributed by atoms with Crippen LogP contribution in [0.15, 0.2) is 30.7 Å². The normalized spacial score (nSPS) is 18.9. The number of rotatable bonds is 3. The topological polar surface area (TPSA) is 91.3 Å². The maximum absolute atomic E-state index is 13.2. The van der Waals surface area contributed by atoms with Gasteiger partial charge in [-0.1, -0.05) is 0 Å². The maximum atomic E-state index is 13.2. The molecule has 2 aromatic rings. The molecule has 8 nitrogen and oxygen atoms in total. The van der Waals surface area contributed by atoms with E-state index in [0.29, 0.717) is 24.9 Å². The third-order valence-corrected chi connectivity index (χ3v) is 5.62. The van der Waals surface area contributed by atoms with Crippen molar-refractivity contribution >= 4 is 29.3 Å². The lowest BCUT2D eigenvalue weighted by Gasteiger charge is -2.36. The summed E-state index contributed by atoms with van der Waals surface area (Å²) in [6.07, 6.45) is 6.63. The fourth-order valence-electron chi connectivity index (χ4n) is 3.91. The monoisotopic (exact) mass is 380 g/mol. The molecule has 4 heterocycles. The van der Waals surface area contributed by atoms with Crippen molar-refractivity contribution in [2.45, 2.75) is 45.1 Å². The van der Waals surface area contributed by atoms with Gasteiger partial charge in [-0.3, -0.25) is 19.5 Å². The number of amides is 2. The molecule has 0 radical (unpaired) electrons. The predicted octanol–water partition coefficient (Wildman–Crippen LogP) is 2.25. The van der Waals surface area contributed by atoms with Crippen LogP contribution in [0.4, 0.5) is 17.5 Å². The summed E-state index contributed by atoms with van der Waals surface area (Å²) in [5, 5.41) is 3.15. The lowest BCUT2D eigenvalue weighted by atomic mass is 9.88. The Hall–Kier alpha value is -3.03. The van der Waals surface area contributed by atoms with Crippen molar-refractivity contribution in [2.24, 2.45) is 0 Å². The van der Waals surface area contributed by atoms with Gasteiger partial charge in [-0.15, -0.1) is 0 Å². The molecule has 0 bridgehead atoms. The zero-order chi connectivity index (χ0) is 19.9. The van der Waals surface area contributed by atoms with E-state index in [1.54, 1.807) is 25.5 Å². The van der Waals surface area contributed by atoms with E-state index in [1.165, 1.54) is 0 Å². The maximum Gasteiger partial charge on any atom is 0.238 e. The fourth-order valence-corrected chi connectivity index (χ4v) is 3.91. The quantitative estimate of drug-likeness (QED) is 0.878. The summed E-state index contributed by atoms with van der Waals surface area (Å²) in [5.41, 5.74) is 0.954. The molecule has 0 saturated carbocycles. The number of carbonyl (C=O) groups is 2. The van der Waals surface area contributed by atoms with Crippen LogP contribution in [-0.2, 0) is 15.0 Å². The average molecular weight is 380 g/mol. The molecular weight excluding hydrogens is 356 g/mol. The smallest absolute Gasteiger partial charge is 0.238 e. The van der Waals surface area contributed by atoms with Crippen LogP contribution in [0.5, 0.6) is 0 Å². The van der Waals surface area contributed by atoms with Gasteiger partial charge >= 0.3 is 0 Å².